The Kier molecular flexibility index (Phi) is 3.31. The van der Waals surface area contributed by atoms with Crippen LogP contribution in [0.3, 0.4) is 0 Å². The third-order valence-electron chi connectivity index (χ3n) is 2.27. The molecule has 0 bridgehead atoms. The second kappa shape index (κ2) is 4.72. The van der Waals surface area contributed by atoms with Crippen molar-refractivity contribution in [2.45, 2.75) is 13.5 Å². The molecule has 0 radical (unpaired) electrons. The van der Waals surface area contributed by atoms with Crippen molar-refractivity contribution in [1.29, 1.82) is 0 Å². The Morgan fingerprint density at radius 2 is 2.31 bits per heavy atom. The monoisotopic (exact) mass is 253 g/mol. The normalized spacial score (nSPS) is 10.4. The Balaban J connectivity index is 2.08. The van der Waals surface area contributed by atoms with E-state index in [2.05, 4.69) is 28.0 Å². The molecular formula is C11H12ClN3S. The summed E-state index contributed by atoms with van der Waals surface area (Å²) in [7, 11) is 0. The van der Waals surface area contributed by atoms with E-state index in [0.717, 1.165) is 6.54 Å². The smallest absolute Gasteiger partial charge is 0.145 e. The van der Waals surface area contributed by atoms with Crippen molar-refractivity contribution in [3.63, 3.8) is 0 Å². The Bertz CT molecular complexity index is 496. The van der Waals surface area contributed by atoms with Crippen LogP contribution in [0.2, 0.25) is 5.02 Å². The summed E-state index contributed by atoms with van der Waals surface area (Å²) in [5.41, 5.74) is 8.69. The van der Waals surface area contributed by atoms with Crippen molar-refractivity contribution in [2.75, 3.05) is 11.1 Å². The molecule has 2 heterocycles. The number of nitrogens with zero attached hydrogens (tertiary/aromatic N) is 1. The van der Waals surface area contributed by atoms with Crippen molar-refractivity contribution in [1.82, 2.24) is 4.98 Å². The summed E-state index contributed by atoms with van der Waals surface area (Å²) in [6.07, 6.45) is 1.59. The maximum Gasteiger partial charge on any atom is 0.145 e. The third-order valence-corrected chi connectivity index (χ3v) is 3.47. The number of aromatic nitrogens is 1. The molecule has 0 aromatic carbocycles. The van der Waals surface area contributed by atoms with Crippen LogP contribution in [0.4, 0.5) is 11.5 Å². The first-order valence-corrected chi connectivity index (χ1v) is 6.15. The van der Waals surface area contributed by atoms with Gasteiger partial charge in [0.25, 0.3) is 0 Å². The average Bonchev–Trinajstić information content (AvgIpc) is 2.63. The zero-order valence-corrected chi connectivity index (χ0v) is 10.4. The molecule has 0 aliphatic carbocycles. The number of rotatable bonds is 3. The minimum absolute atomic E-state index is 0.549. The Morgan fingerprint density at radius 1 is 1.50 bits per heavy atom. The van der Waals surface area contributed by atoms with Gasteiger partial charge >= 0.3 is 0 Å². The molecule has 0 spiro atoms. The molecule has 2 aromatic rings. The average molecular weight is 254 g/mol. The summed E-state index contributed by atoms with van der Waals surface area (Å²) in [4.78, 5) is 4.14. The first-order chi connectivity index (χ1) is 7.66. The molecule has 2 aromatic heterocycles. The minimum atomic E-state index is 0.549. The number of pyridine rings is 1. The van der Waals surface area contributed by atoms with Gasteiger partial charge in [-0.25, -0.2) is 4.98 Å². The van der Waals surface area contributed by atoms with Gasteiger partial charge in [0.05, 0.1) is 16.9 Å². The number of hydrogen-bond acceptors (Lipinski definition) is 4. The summed E-state index contributed by atoms with van der Waals surface area (Å²) < 4.78 is 0. The lowest BCUT2D eigenvalue weighted by Gasteiger charge is -2.07. The first-order valence-electron chi connectivity index (χ1n) is 4.83. The number of nitrogens with one attached hydrogen (secondary N) is 1. The van der Waals surface area contributed by atoms with Crippen molar-refractivity contribution >= 4 is 34.4 Å². The molecule has 0 fully saturated rings. The largest absolute Gasteiger partial charge is 0.397 e. The van der Waals surface area contributed by atoms with Gasteiger partial charge in [-0.2, -0.15) is 11.3 Å². The van der Waals surface area contributed by atoms with Gasteiger partial charge in [0.2, 0.25) is 0 Å². The molecule has 0 saturated carbocycles. The van der Waals surface area contributed by atoms with Crippen LogP contribution in [0.1, 0.15) is 11.1 Å². The van der Waals surface area contributed by atoms with Gasteiger partial charge in [-0.05, 0) is 34.9 Å². The van der Waals surface area contributed by atoms with Crippen LogP contribution < -0.4 is 11.1 Å². The SMILES string of the molecule is Cc1cscc1CNc1ncc(N)cc1Cl. The molecule has 0 amide bonds. The van der Waals surface area contributed by atoms with Crippen molar-refractivity contribution < 1.29 is 0 Å². The van der Waals surface area contributed by atoms with Crippen LogP contribution in [-0.4, -0.2) is 4.98 Å². The number of aryl methyl sites for hydroxylation is 1. The van der Waals surface area contributed by atoms with Gasteiger partial charge in [0.1, 0.15) is 5.82 Å². The number of nitrogens with two attached hydrogens (primary N) is 1. The van der Waals surface area contributed by atoms with Gasteiger partial charge < -0.3 is 11.1 Å². The highest BCUT2D eigenvalue weighted by atomic mass is 35.5. The fraction of sp³-hybridized carbons (Fsp3) is 0.182. The van der Waals surface area contributed by atoms with E-state index in [9.17, 15) is 0 Å². The lowest BCUT2D eigenvalue weighted by molar-refractivity contribution is 1.10. The molecule has 0 atom stereocenters. The van der Waals surface area contributed by atoms with E-state index >= 15 is 0 Å². The van der Waals surface area contributed by atoms with E-state index in [4.69, 9.17) is 17.3 Å². The zero-order chi connectivity index (χ0) is 11.5. The summed E-state index contributed by atoms with van der Waals surface area (Å²) in [6, 6.07) is 1.69. The summed E-state index contributed by atoms with van der Waals surface area (Å²) in [6.45, 7) is 2.82. The predicted molar refractivity (Wildman–Crippen MR) is 70.0 cm³/mol. The fourth-order valence-corrected chi connectivity index (χ4v) is 2.43. The molecular weight excluding hydrogens is 242 g/mol. The molecule has 0 unspecified atom stereocenters. The van der Waals surface area contributed by atoms with Crippen molar-refractivity contribution in [3.05, 3.63) is 39.2 Å². The van der Waals surface area contributed by atoms with Gasteiger partial charge in [0, 0.05) is 6.54 Å². The highest BCUT2D eigenvalue weighted by Crippen LogP contribution is 2.22. The number of anilines is 2. The Hall–Kier alpha value is -1.26. The molecule has 5 heteroatoms. The first kappa shape index (κ1) is 11.2. The highest BCUT2D eigenvalue weighted by Gasteiger charge is 2.03. The molecule has 3 nitrogen and oxygen atoms in total. The van der Waals surface area contributed by atoms with Gasteiger partial charge in [-0.15, -0.1) is 0 Å². The molecule has 0 aliphatic heterocycles. The second-order valence-corrected chi connectivity index (χ2v) is 4.68. The van der Waals surface area contributed by atoms with Crippen molar-refractivity contribution in [2.24, 2.45) is 0 Å². The number of halogens is 1. The topological polar surface area (TPSA) is 50.9 Å². The molecule has 2 rings (SSSR count). The minimum Gasteiger partial charge on any atom is -0.397 e. The molecule has 0 saturated heterocycles. The maximum absolute atomic E-state index is 6.01. The highest BCUT2D eigenvalue weighted by molar-refractivity contribution is 7.08. The van der Waals surface area contributed by atoms with Gasteiger partial charge in [0.15, 0.2) is 0 Å². The van der Waals surface area contributed by atoms with E-state index < -0.39 is 0 Å². The second-order valence-electron chi connectivity index (χ2n) is 3.53. The van der Waals surface area contributed by atoms with E-state index in [1.165, 1.54) is 11.1 Å². The Labute approximate surface area is 103 Å². The van der Waals surface area contributed by atoms with Crippen LogP contribution in [0, 0.1) is 6.92 Å². The van der Waals surface area contributed by atoms with Crippen LogP contribution in [-0.2, 0) is 6.54 Å². The quantitative estimate of drug-likeness (QED) is 0.883. The molecule has 84 valence electrons. The standard InChI is InChI=1S/C11H12ClN3S/c1-7-5-16-6-8(7)3-14-11-10(12)2-9(13)4-15-11/h2,4-6H,3,13H2,1H3,(H,14,15). The lowest BCUT2D eigenvalue weighted by Crippen LogP contribution is -2.02. The van der Waals surface area contributed by atoms with Crippen LogP contribution >= 0.6 is 22.9 Å². The van der Waals surface area contributed by atoms with Crippen LogP contribution in [0.15, 0.2) is 23.0 Å². The summed E-state index contributed by atoms with van der Waals surface area (Å²) in [5, 5.41) is 7.98. The third kappa shape index (κ3) is 2.46. The maximum atomic E-state index is 6.01. The van der Waals surface area contributed by atoms with E-state index in [0.29, 0.717) is 16.5 Å². The number of hydrogen-bond donors (Lipinski definition) is 2. The fourth-order valence-electron chi connectivity index (χ4n) is 1.33. The van der Waals surface area contributed by atoms with E-state index in [1.807, 2.05) is 0 Å². The Morgan fingerprint density at radius 3 is 2.94 bits per heavy atom. The van der Waals surface area contributed by atoms with Crippen LogP contribution in [0.25, 0.3) is 0 Å². The van der Waals surface area contributed by atoms with Crippen molar-refractivity contribution in [3.8, 4) is 0 Å². The molecule has 16 heavy (non-hydrogen) atoms. The summed E-state index contributed by atoms with van der Waals surface area (Å²) in [5.74, 6) is 0.668. The lowest BCUT2D eigenvalue weighted by atomic mass is 10.2. The molecule has 0 aliphatic rings. The van der Waals surface area contributed by atoms with Crippen LogP contribution in [0.5, 0.6) is 0 Å². The predicted octanol–water partition coefficient (Wildman–Crippen LogP) is 3.30. The van der Waals surface area contributed by atoms with Gasteiger partial charge in [-0.1, -0.05) is 11.6 Å². The number of nitrogen functional groups attached to an aromatic ring is 1. The van der Waals surface area contributed by atoms with Gasteiger partial charge in [-0.3, -0.25) is 0 Å². The summed E-state index contributed by atoms with van der Waals surface area (Å²) >= 11 is 7.70. The van der Waals surface area contributed by atoms with E-state index in [1.54, 1.807) is 23.6 Å². The molecule has 3 N–H and O–H groups in total. The number of thiophene rings is 1. The van der Waals surface area contributed by atoms with E-state index in [-0.39, 0.29) is 0 Å². The zero-order valence-electron chi connectivity index (χ0n) is 8.83.